The van der Waals surface area contributed by atoms with E-state index in [0.717, 1.165) is 49.9 Å². The van der Waals surface area contributed by atoms with Crippen LogP contribution in [0.2, 0.25) is 0 Å². The Morgan fingerprint density at radius 1 is 1.04 bits per heavy atom. The van der Waals surface area contributed by atoms with Crippen molar-refractivity contribution in [2.24, 2.45) is 0 Å². The molecule has 4 nitrogen and oxygen atoms in total. The minimum atomic E-state index is -0.183. The van der Waals surface area contributed by atoms with Gasteiger partial charge in [-0.3, -0.25) is 0 Å². The summed E-state index contributed by atoms with van der Waals surface area (Å²) in [5, 5.41) is 0. The molecule has 3 rings (SSSR count). The predicted molar refractivity (Wildman–Crippen MR) is 97.2 cm³/mol. The van der Waals surface area contributed by atoms with Gasteiger partial charge in [0.05, 0.1) is 39.9 Å². The summed E-state index contributed by atoms with van der Waals surface area (Å²) < 4.78 is 24.1. The second kappa shape index (κ2) is 8.21. The van der Waals surface area contributed by atoms with Crippen molar-refractivity contribution in [1.29, 1.82) is 0 Å². The number of methoxy groups -OCH3 is 1. The molecule has 0 radical (unpaired) electrons. The Labute approximate surface area is 148 Å². The van der Waals surface area contributed by atoms with E-state index < -0.39 is 0 Å². The molecule has 0 bridgehead atoms. The molecule has 25 heavy (non-hydrogen) atoms. The molecule has 0 amide bonds. The number of rotatable bonds is 6. The van der Waals surface area contributed by atoms with Gasteiger partial charge in [0, 0.05) is 11.3 Å². The monoisotopic (exact) mass is 345 g/mol. The molecule has 0 aliphatic carbocycles. The molecule has 2 aromatic carbocycles. The molecule has 1 saturated heterocycles. The Hall–Kier alpha value is -2.27. The van der Waals surface area contributed by atoms with Crippen LogP contribution in [-0.4, -0.2) is 39.9 Å². The molecule has 0 aromatic heterocycles. The van der Waals surface area contributed by atoms with E-state index >= 15 is 0 Å². The molecule has 1 N–H and O–H groups in total. The molecule has 1 aliphatic rings. The highest BCUT2D eigenvalue weighted by Crippen LogP contribution is 2.27. The SMILES string of the molecule is CCOc1cc(C[NH+]2CCN(c3ccc(F)cc3)CC2)ccc1OC. The molecule has 0 unspecified atom stereocenters. The first-order chi connectivity index (χ1) is 12.2. The van der Waals surface area contributed by atoms with Gasteiger partial charge in [0.1, 0.15) is 12.4 Å². The lowest BCUT2D eigenvalue weighted by Crippen LogP contribution is -3.13. The lowest BCUT2D eigenvalue weighted by molar-refractivity contribution is -0.914. The zero-order chi connectivity index (χ0) is 17.6. The average molecular weight is 345 g/mol. The van der Waals surface area contributed by atoms with E-state index in [0.29, 0.717) is 6.61 Å². The smallest absolute Gasteiger partial charge is 0.161 e. The first kappa shape index (κ1) is 17.5. The summed E-state index contributed by atoms with van der Waals surface area (Å²) in [6.07, 6.45) is 0. The maximum absolute atomic E-state index is 13.1. The summed E-state index contributed by atoms with van der Waals surface area (Å²) in [6.45, 7) is 7.67. The number of anilines is 1. The molecule has 1 fully saturated rings. The Bertz CT molecular complexity index is 683. The maximum Gasteiger partial charge on any atom is 0.161 e. The quantitative estimate of drug-likeness (QED) is 0.869. The standard InChI is InChI=1S/C20H25FN2O2/c1-3-25-20-14-16(4-9-19(20)24-2)15-22-10-12-23(13-11-22)18-7-5-17(21)6-8-18/h4-9,14H,3,10-13,15H2,1-2H3/p+1. The predicted octanol–water partition coefficient (Wildman–Crippen LogP) is 2.14. The third-order valence-electron chi connectivity index (χ3n) is 4.64. The van der Waals surface area contributed by atoms with E-state index in [1.54, 1.807) is 12.0 Å². The van der Waals surface area contributed by atoms with E-state index in [1.807, 2.05) is 25.1 Å². The third-order valence-corrected chi connectivity index (χ3v) is 4.64. The van der Waals surface area contributed by atoms with E-state index in [1.165, 1.54) is 17.7 Å². The van der Waals surface area contributed by atoms with Crippen LogP contribution in [0.3, 0.4) is 0 Å². The van der Waals surface area contributed by atoms with E-state index in [9.17, 15) is 4.39 Å². The van der Waals surface area contributed by atoms with Crippen molar-refractivity contribution in [2.45, 2.75) is 13.5 Å². The van der Waals surface area contributed by atoms with Crippen LogP contribution in [0.15, 0.2) is 42.5 Å². The lowest BCUT2D eigenvalue weighted by Gasteiger charge is -2.33. The normalized spacial score (nSPS) is 15.2. The first-order valence-electron chi connectivity index (χ1n) is 8.83. The number of quaternary nitrogens is 1. The number of benzene rings is 2. The van der Waals surface area contributed by atoms with Gasteiger partial charge >= 0.3 is 0 Å². The van der Waals surface area contributed by atoms with Gasteiger partial charge in [0.15, 0.2) is 11.5 Å². The fourth-order valence-corrected chi connectivity index (χ4v) is 3.30. The van der Waals surface area contributed by atoms with Crippen LogP contribution in [0.1, 0.15) is 12.5 Å². The second-order valence-electron chi connectivity index (χ2n) is 6.31. The van der Waals surface area contributed by atoms with Crippen molar-refractivity contribution in [3.8, 4) is 11.5 Å². The highest BCUT2D eigenvalue weighted by atomic mass is 19.1. The summed E-state index contributed by atoms with van der Waals surface area (Å²) in [6, 6.07) is 13.0. The van der Waals surface area contributed by atoms with Crippen LogP contribution >= 0.6 is 0 Å². The van der Waals surface area contributed by atoms with Gasteiger partial charge < -0.3 is 19.3 Å². The number of piperazine rings is 1. The van der Waals surface area contributed by atoms with Crippen molar-refractivity contribution >= 4 is 5.69 Å². The fraction of sp³-hybridized carbons (Fsp3) is 0.400. The number of nitrogens with one attached hydrogen (secondary N) is 1. The van der Waals surface area contributed by atoms with E-state index in [-0.39, 0.29) is 5.82 Å². The molecule has 0 spiro atoms. The van der Waals surface area contributed by atoms with Gasteiger partial charge in [-0.05, 0) is 49.4 Å². The molecule has 2 aromatic rings. The molecular weight excluding hydrogens is 319 g/mol. The molecule has 5 heteroatoms. The Morgan fingerprint density at radius 2 is 1.76 bits per heavy atom. The lowest BCUT2D eigenvalue weighted by atomic mass is 10.1. The Kier molecular flexibility index (Phi) is 5.76. The average Bonchev–Trinajstić information content (AvgIpc) is 2.64. The van der Waals surface area contributed by atoms with Gasteiger partial charge in [-0.2, -0.15) is 0 Å². The van der Waals surface area contributed by atoms with E-state index in [2.05, 4.69) is 17.0 Å². The summed E-state index contributed by atoms with van der Waals surface area (Å²) in [5.74, 6) is 1.41. The van der Waals surface area contributed by atoms with Crippen LogP contribution in [0.4, 0.5) is 10.1 Å². The Balaban J connectivity index is 1.58. The number of nitrogens with zero attached hydrogens (tertiary/aromatic N) is 1. The first-order valence-corrected chi connectivity index (χ1v) is 8.83. The summed E-state index contributed by atoms with van der Waals surface area (Å²) in [4.78, 5) is 3.87. The van der Waals surface area contributed by atoms with Gasteiger partial charge in [-0.1, -0.05) is 0 Å². The minimum absolute atomic E-state index is 0.183. The fourth-order valence-electron chi connectivity index (χ4n) is 3.30. The van der Waals surface area contributed by atoms with Crippen LogP contribution < -0.4 is 19.3 Å². The largest absolute Gasteiger partial charge is 0.493 e. The topological polar surface area (TPSA) is 26.1 Å². The third kappa shape index (κ3) is 4.42. The maximum atomic E-state index is 13.1. The molecular formula is C20H26FN2O2+. The minimum Gasteiger partial charge on any atom is -0.493 e. The van der Waals surface area contributed by atoms with Crippen molar-refractivity contribution in [3.05, 3.63) is 53.8 Å². The molecule has 0 saturated carbocycles. The van der Waals surface area contributed by atoms with Crippen molar-refractivity contribution < 1.29 is 18.8 Å². The van der Waals surface area contributed by atoms with Gasteiger partial charge in [0.25, 0.3) is 0 Å². The van der Waals surface area contributed by atoms with Crippen LogP contribution in [-0.2, 0) is 6.54 Å². The molecule has 0 atom stereocenters. The summed E-state index contributed by atoms with van der Waals surface area (Å²) in [7, 11) is 1.66. The van der Waals surface area contributed by atoms with Crippen molar-refractivity contribution in [1.82, 2.24) is 0 Å². The molecule has 1 aliphatic heterocycles. The zero-order valence-electron chi connectivity index (χ0n) is 14.9. The van der Waals surface area contributed by atoms with Crippen molar-refractivity contribution in [2.75, 3.05) is 44.8 Å². The second-order valence-corrected chi connectivity index (χ2v) is 6.31. The molecule has 1 heterocycles. The van der Waals surface area contributed by atoms with Crippen LogP contribution in [0, 0.1) is 5.82 Å². The van der Waals surface area contributed by atoms with Gasteiger partial charge in [-0.15, -0.1) is 0 Å². The highest BCUT2D eigenvalue weighted by Gasteiger charge is 2.21. The van der Waals surface area contributed by atoms with E-state index in [4.69, 9.17) is 9.47 Å². The van der Waals surface area contributed by atoms with Crippen molar-refractivity contribution in [3.63, 3.8) is 0 Å². The summed E-state index contributed by atoms with van der Waals surface area (Å²) in [5.41, 5.74) is 2.36. The Morgan fingerprint density at radius 3 is 2.40 bits per heavy atom. The van der Waals surface area contributed by atoms with Gasteiger partial charge in [-0.25, -0.2) is 4.39 Å². The number of ether oxygens (including phenoxy) is 2. The van der Waals surface area contributed by atoms with Gasteiger partial charge in [0.2, 0.25) is 0 Å². The summed E-state index contributed by atoms with van der Waals surface area (Å²) >= 11 is 0. The zero-order valence-corrected chi connectivity index (χ0v) is 14.9. The van der Waals surface area contributed by atoms with Crippen LogP contribution in [0.5, 0.6) is 11.5 Å². The molecule has 134 valence electrons. The van der Waals surface area contributed by atoms with Crippen LogP contribution in [0.25, 0.3) is 0 Å². The highest BCUT2D eigenvalue weighted by molar-refractivity contribution is 5.46. The number of hydrogen-bond donors (Lipinski definition) is 1. The number of hydrogen-bond acceptors (Lipinski definition) is 3. The number of halogens is 1.